The van der Waals surface area contributed by atoms with Gasteiger partial charge in [0, 0.05) is 37.6 Å². The number of oxazole rings is 1. The van der Waals surface area contributed by atoms with Crippen LogP contribution in [0.25, 0.3) is 11.1 Å². The van der Waals surface area contributed by atoms with E-state index in [-0.39, 0.29) is 11.8 Å². The maximum Gasteiger partial charge on any atom is 0.298 e. The second-order valence-corrected chi connectivity index (χ2v) is 7.48. The maximum atomic E-state index is 12.8. The van der Waals surface area contributed by atoms with Crippen molar-refractivity contribution < 1.29 is 9.21 Å². The molecule has 1 saturated heterocycles. The number of benzene rings is 2. The zero-order chi connectivity index (χ0) is 18.8. The van der Waals surface area contributed by atoms with Crippen LogP contribution in [0, 0.1) is 5.92 Å². The van der Waals surface area contributed by atoms with Crippen LogP contribution in [0.2, 0.25) is 5.02 Å². The molecule has 1 aliphatic rings. The van der Waals surface area contributed by atoms with Gasteiger partial charge in [-0.25, -0.2) is 0 Å². The summed E-state index contributed by atoms with van der Waals surface area (Å²) in [6, 6.07) is 16.1. The Labute approximate surface area is 163 Å². The van der Waals surface area contributed by atoms with E-state index in [0.29, 0.717) is 17.6 Å². The Morgan fingerprint density at radius 1 is 1.19 bits per heavy atom. The fourth-order valence-electron chi connectivity index (χ4n) is 3.57. The Morgan fingerprint density at radius 3 is 2.59 bits per heavy atom. The highest BCUT2D eigenvalue weighted by molar-refractivity contribution is 6.30. The third-order valence-corrected chi connectivity index (χ3v) is 5.36. The summed E-state index contributed by atoms with van der Waals surface area (Å²) < 4.78 is 5.85. The van der Waals surface area contributed by atoms with Gasteiger partial charge in [-0.2, -0.15) is 4.98 Å². The molecular formula is C21H22ClN3O2. The number of aromatic nitrogens is 1. The van der Waals surface area contributed by atoms with Crippen molar-refractivity contribution >= 4 is 34.6 Å². The average Bonchev–Trinajstić information content (AvgIpc) is 3.13. The van der Waals surface area contributed by atoms with Crippen molar-refractivity contribution in [2.45, 2.75) is 19.4 Å². The Morgan fingerprint density at radius 2 is 1.89 bits per heavy atom. The zero-order valence-electron chi connectivity index (χ0n) is 15.3. The minimum absolute atomic E-state index is 0.0444. The molecule has 0 aliphatic carbocycles. The molecule has 0 radical (unpaired) electrons. The number of fused-ring (bicyclic) bond motifs is 1. The number of para-hydroxylation sites is 2. The first kappa shape index (κ1) is 17.9. The molecule has 1 fully saturated rings. The van der Waals surface area contributed by atoms with E-state index < -0.39 is 0 Å². The molecule has 2 aromatic carbocycles. The van der Waals surface area contributed by atoms with Gasteiger partial charge in [0.1, 0.15) is 5.52 Å². The van der Waals surface area contributed by atoms with Crippen molar-refractivity contribution in [2.75, 3.05) is 25.0 Å². The SMILES string of the molecule is CN(Cc1ccc(Cl)cc1)C(=O)C1CCN(c2nc3ccccc3o2)CC1. The summed E-state index contributed by atoms with van der Waals surface area (Å²) in [5.74, 6) is 0.241. The lowest BCUT2D eigenvalue weighted by Gasteiger charge is -2.32. The highest BCUT2D eigenvalue weighted by atomic mass is 35.5. The first-order chi connectivity index (χ1) is 13.1. The quantitative estimate of drug-likeness (QED) is 0.671. The third kappa shape index (κ3) is 3.93. The van der Waals surface area contributed by atoms with Crippen LogP contribution < -0.4 is 4.90 Å². The second kappa shape index (κ2) is 7.61. The summed E-state index contributed by atoms with van der Waals surface area (Å²) in [6.45, 7) is 2.15. The van der Waals surface area contributed by atoms with Crippen molar-refractivity contribution in [3.05, 3.63) is 59.1 Å². The van der Waals surface area contributed by atoms with E-state index in [1.54, 1.807) is 0 Å². The van der Waals surface area contributed by atoms with Gasteiger partial charge in [0.25, 0.3) is 6.01 Å². The lowest BCUT2D eigenvalue weighted by Crippen LogP contribution is -2.41. The number of halogens is 1. The number of hydrogen-bond donors (Lipinski definition) is 0. The van der Waals surface area contributed by atoms with Crippen LogP contribution in [0.5, 0.6) is 0 Å². The average molecular weight is 384 g/mol. The van der Waals surface area contributed by atoms with Gasteiger partial charge in [0.05, 0.1) is 0 Å². The van der Waals surface area contributed by atoms with Crippen LogP contribution in [0.15, 0.2) is 52.9 Å². The summed E-state index contributed by atoms with van der Waals surface area (Å²) in [6.07, 6.45) is 1.62. The second-order valence-electron chi connectivity index (χ2n) is 7.05. The Hall–Kier alpha value is -2.53. The van der Waals surface area contributed by atoms with Crippen molar-refractivity contribution in [1.29, 1.82) is 0 Å². The van der Waals surface area contributed by atoms with Crippen molar-refractivity contribution in [1.82, 2.24) is 9.88 Å². The van der Waals surface area contributed by atoms with Crippen molar-refractivity contribution in [2.24, 2.45) is 5.92 Å². The molecular weight excluding hydrogens is 362 g/mol. The molecule has 1 aliphatic heterocycles. The molecule has 0 bridgehead atoms. The molecule has 2 heterocycles. The van der Waals surface area contributed by atoms with Crippen LogP contribution in [-0.2, 0) is 11.3 Å². The van der Waals surface area contributed by atoms with Crippen LogP contribution in [0.1, 0.15) is 18.4 Å². The van der Waals surface area contributed by atoms with E-state index in [1.807, 2.05) is 60.5 Å². The fourth-order valence-corrected chi connectivity index (χ4v) is 3.69. The summed E-state index contributed by atoms with van der Waals surface area (Å²) in [7, 11) is 1.87. The summed E-state index contributed by atoms with van der Waals surface area (Å²) >= 11 is 5.92. The van der Waals surface area contributed by atoms with E-state index >= 15 is 0 Å². The van der Waals surface area contributed by atoms with Crippen molar-refractivity contribution in [3.8, 4) is 0 Å². The molecule has 0 atom stereocenters. The topological polar surface area (TPSA) is 49.6 Å². The number of hydrogen-bond acceptors (Lipinski definition) is 4. The first-order valence-electron chi connectivity index (χ1n) is 9.20. The minimum Gasteiger partial charge on any atom is -0.423 e. The number of anilines is 1. The van der Waals surface area contributed by atoms with Crippen LogP contribution in [0.4, 0.5) is 6.01 Å². The number of carbonyl (C=O) groups is 1. The molecule has 0 N–H and O–H groups in total. The third-order valence-electron chi connectivity index (χ3n) is 5.11. The highest BCUT2D eigenvalue weighted by Gasteiger charge is 2.29. The summed E-state index contributed by atoms with van der Waals surface area (Å²) in [5.41, 5.74) is 2.75. The number of nitrogens with zero attached hydrogens (tertiary/aromatic N) is 3. The minimum atomic E-state index is 0.0444. The standard InChI is InChI=1S/C21H22ClN3O2/c1-24(14-15-6-8-17(22)9-7-15)20(26)16-10-12-25(13-11-16)21-23-18-4-2-3-5-19(18)27-21/h2-9,16H,10-14H2,1H3. The molecule has 27 heavy (non-hydrogen) atoms. The maximum absolute atomic E-state index is 12.8. The van der Waals surface area contributed by atoms with Crippen LogP contribution in [0.3, 0.4) is 0 Å². The predicted octanol–water partition coefficient (Wildman–Crippen LogP) is 4.36. The van der Waals surface area contributed by atoms with Gasteiger partial charge in [-0.15, -0.1) is 0 Å². The van der Waals surface area contributed by atoms with Gasteiger partial charge in [-0.3, -0.25) is 4.79 Å². The summed E-state index contributed by atoms with van der Waals surface area (Å²) in [4.78, 5) is 21.3. The van der Waals surface area contributed by atoms with Crippen LogP contribution in [-0.4, -0.2) is 35.9 Å². The highest BCUT2D eigenvalue weighted by Crippen LogP contribution is 2.27. The van der Waals surface area contributed by atoms with Crippen molar-refractivity contribution in [3.63, 3.8) is 0 Å². The lowest BCUT2D eigenvalue weighted by molar-refractivity contribution is -0.135. The van der Waals surface area contributed by atoms with Gasteiger partial charge < -0.3 is 14.2 Å². The largest absolute Gasteiger partial charge is 0.423 e. The van der Waals surface area contributed by atoms with Gasteiger partial charge in [-0.1, -0.05) is 35.9 Å². The monoisotopic (exact) mass is 383 g/mol. The zero-order valence-corrected chi connectivity index (χ0v) is 16.0. The summed E-state index contributed by atoms with van der Waals surface area (Å²) in [5, 5.41) is 0.708. The van der Waals surface area contributed by atoms with Gasteiger partial charge in [-0.05, 0) is 42.7 Å². The first-order valence-corrected chi connectivity index (χ1v) is 9.58. The Kier molecular flexibility index (Phi) is 5.03. The van der Waals surface area contributed by atoms with E-state index in [2.05, 4.69) is 9.88 Å². The van der Waals surface area contributed by atoms with E-state index in [1.165, 1.54) is 0 Å². The Bertz CT molecular complexity index is 897. The molecule has 6 heteroatoms. The molecule has 4 rings (SSSR count). The molecule has 0 saturated carbocycles. The molecule has 3 aromatic rings. The fraction of sp³-hybridized carbons (Fsp3) is 0.333. The molecule has 0 unspecified atom stereocenters. The smallest absolute Gasteiger partial charge is 0.298 e. The van der Waals surface area contributed by atoms with Gasteiger partial charge >= 0.3 is 0 Å². The number of carbonyl (C=O) groups excluding carboxylic acids is 1. The van der Waals surface area contributed by atoms with E-state index in [9.17, 15) is 4.79 Å². The van der Waals surface area contributed by atoms with Gasteiger partial charge in [0.15, 0.2) is 5.58 Å². The molecule has 5 nitrogen and oxygen atoms in total. The normalized spacial score (nSPS) is 15.3. The number of piperidine rings is 1. The number of amides is 1. The number of rotatable bonds is 4. The van der Waals surface area contributed by atoms with Gasteiger partial charge in [0.2, 0.25) is 5.91 Å². The molecule has 140 valence electrons. The predicted molar refractivity (Wildman–Crippen MR) is 107 cm³/mol. The van der Waals surface area contributed by atoms with E-state index in [0.717, 1.165) is 42.6 Å². The molecule has 1 amide bonds. The Balaban J connectivity index is 1.35. The molecule has 1 aromatic heterocycles. The van der Waals surface area contributed by atoms with Crippen LogP contribution >= 0.6 is 11.6 Å². The molecule has 0 spiro atoms. The van der Waals surface area contributed by atoms with E-state index in [4.69, 9.17) is 16.0 Å². The lowest BCUT2D eigenvalue weighted by atomic mass is 9.95.